The molecule has 100 valence electrons. The minimum atomic E-state index is -0.817. The molecule has 4 heteroatoms. The molecule has 0 aromatic heterocycles. The zero-order valence-corrected chi connectivity index (χ0v) is 10.8. The van der Waals surface area contributed by atoms with Crippen LogP contribution in [-0.4, -0.2) is 17.7 Å². The number of carboxylic acids is 1. The smallest absolute Gasteiger partial charge is 0.303 e. The highest BCUT2D eigenvalue weighted by atomic mass is 19.1. The van der Waals surface area contributed by atoms with Gasteiger partial charge in [0.05, 0.1) is 6.61 Å². The van der Waals surface area contributed by atoms with E-state index in [-0.39, 0.29) is 18.0 Å². The van der Waals surface area contributed by atoms with Gasteiger partial charge in [0, 0.05) is 6.42 Å². The second-order valence-corrected chi connectivity index (χ2v) is 4.54. The Morgan fingerprint density at radius 1 is 1.39 bits per heavy atom. The second-order valence-electron chi connectivity index (χ2n) is 4.54. The van der Waals surface area contributed by atoms with E-state index in [1.807, 2.05) is 13.8 Å². The molecule has 1 rings (SSSR count). The number of hydrogen-bond acceptors (Lipinski definition) is 2. The summed E-state index contributed by atoms with van der Waals surface area (Å²) >= 11 is 0. The third kappa shape index (κ3) is 4.73. The summed E-state index contributed by atoms with van der Waals surface area (Å²) in [5.74, 6) is -0.628. The van der Waals surface area contributed by atoms with Gasteiger partial charge in [-0.2, -0.15) is 0 Å². The van der Waals surface area contributed by atoms with Crippen molar-refractivity contribution in [2.75, 3.05) is 6.61 Å². The van der Waals surface area contributed by atoms with Crippen molar-refractivity contribution in [2.24, 2.45) is 0 Å². The highest BCUT2D eigenvalue weighted by molar-refractivity contribution is 5.66. The lowest BCUT2D eigenvalue weighted by Crippen LogP contribution is -2.02. The molecule has 0 saturated heterocycles. The van der Waals surface area contributed by atoms with Gasteiger partial charge >= 0.3 is 5.97 Å². The quantitative estimate of drug-likeness (QED) is 0.756. The monoisotopic (exact) mass is 254 g/mol. The Morgan fingerprint density at radius 3 is 2.72 bits per heavy atom. The van der Waals surface area contributed by atoms with Gasteiger partial charge in [-0.15, -0.1) is 0 Å². The molecule has 0 aliphatic heterocycles. The maximum Gasteiger partial charge on any atom is 0.303 e. The van der Waals surface area contributed by atoms with Crippen LogP contribution in [0.2, 0.25) is 0 Å². The molecule has 1 N–H and O–H groups in total. The first-order chi connectivity index (χ1) is 8.50. The van der Waals surface area contributed by atoms with Crippen LogP contribution in [-0.2, 0) is 4.79 Å². The molecule has 0 atom stereocenters. The summed E-state index contributed by atoms with van der Waals surface area (Å²) < 4.78 is 18.8. The third-order valence-electron chi connectivity index (χ3n) is 2.66. The normalized spacial score (nSPS) is 10.7. The number of carbonyl (C=O) groups is 1. The van der Waals surface area contributed by atoms with Crippen LogP contribution in [0.1, 0.15) is 44.6 Å². The average Bonchev–Trinajstić information content (AvgIpc) is 2.30. The van der Waals surface area contributed by atoms with Crippen molar-refractivity contribution < 1.29 is 19.0 Å². The van der Waals surface area contributed by atoms with Crippen molar-refractivity contribution in [1.82, 2.24) is 0 Å². The number of ether oxygens (including phenoxy) is 1. The molecule has 0 fully saturated rings. The van der Waals surface area contributed by atoms with Crippen LogP contribution in [0.25, 0.3) is 0 Å². The van der Waals surface area contributed by atoms with Crippen LogP contribution < -0.4 is 4.74 Å². The van der Waals surface area contributed by atoms with Crippen molar-refractivity contribution in [1.29, 1.82) is 0 Å². The summed E-state index contributed by atoms with van der Waals surface area (Å²) in [4.78, 5) is 10.3. The fraction of sp³-hybridized carbons (Fsp3) is 0.500. The number of unbranched alkanes of at least 4 members (excludes halogenated alkanes) is 1. The van der Waals surface area contributed by atoms with Crippen LogP contribution in [0.4, 0.5) is 4.39 Å². The molecule has 0 aliphatic rings. The minimum absolute atomic E-state index is 0.123. The van der Waals surface area contributed by atoms with Crippen LogP contribution in [0.3, 0.4) is 0 Å². The fourth-order valence-corrected chi connectivity index (χ4v) is 1.55. The van der Waals surface area contributed by atoms with Gasteiger partial charge in [0.25, 0.3) is 0 Å². The molecular formula is C14H19FO3. The van der Waals surface area contributed by atoms with Crippen molar-refractivity contribution in [3.63, 3.8) is 0 Å². The molecule has 0 radical (unpaired) electrons. The Balaban J connectivity index is 2.46. The van der Waals surface area contributed by atoms with Crippen molar-refractivity contribution in [3.8, 4) is 5.75 Å². The molecule has 0 spiro atoms. The Bertz CT molecular complexity index is 402. The van der Waals surface area contributed by atoms with E-state index >= 15 is 0 Å². The van der Waals surface area contributed by atoms with E-state index in [4.69, 9.17) is 9.84 Å². The highest BCUT2D eigenvalue weighted by Gasteiger charge is 2.07. The summed E-state index contributed by atoms with van der Waals surface area (Å²) in [6.07, 6.45) is 1.27. The summed E-state index contributed by atoms with van der Waals surface area (Å²) in [7, 11) is 0. The molecule has 0 unspecified atom stereocenters. The lowest BCUT2D eigenvalue weighted by atomic mass is 10.0. The van der Waals surface area contributed by atoms with Crippen molar-refractivity contribution >= 4 is 5.97 Å². The molecule has 1 aromatic carbocycles. The molecule has 0 aliphatic carbocycles. The van der Waals surface area contributed by atoms with Gasteiger partial charge in [0.15, 0.2) is 11.6 Å². The van der Waals surface area contributed by atoms with Gasteiger partial charge in [-0.05, 0) is 36.5 Å². The largest absolute Gasteiger partial charge is 0.491 e. The summed E-state index contributed by atoms with van der Waals surface area (Å²) in [5.41, 5.74) is 1.02. The molecular weight excluding hydrogens is 235 g/mol. The van der Waals surface area contributed by atoms with Crippen LogP contribution in [0, 0.1) is 5.82 Å². The topological polar surface area (TPSA) is 46.5 Å². The van der Waals surface area contributed by atoms with Gasteiger partial charge in [-0.25, -0.2) is 4.39 Å². The average molecular weight is 254 g/mol. The summed E-state index contributed by atoms with van der Waals surface area (Å²) in [6, 6.07) is 4.86. The standard InChI is InChI=1S/C14H19FO3/c1-10(2)11-6-7-12(15)13(9-11)18-8-4-3-5-14(16)17/h6-7,9-10H,3-5,8H2,1-2H3,(H,16,17). The van der Waals surface area contributed by atoms with Gasteiger partial charge in [0.2, 0.25) is 0 Å². The van der Waals surface area contributed by atoms with E-state index < -0.39 is 5.97 Å². The molecule has 0 saturated carbocycles. The SMILES string of the molecule is CC(C)c1ccc(F)c(OCCCCC(=O)O)c1. The molecule has 0 amide bonds. The lowest BCUT2D eigenvalue weighted by Gasteiger charge is -2.10. The van der Waals surface area contributed by atoms with E-state index in [1.54, 1.807) is 12.1 Å². The number of halogens is 1. The highest BCUT2D eigenvalue weighted by Crippen LogP contribution is 2.23. The fourth-order valence-electron chi connectivity index (χ4n) is 1.55. The van der Waals surface area contributed by atoms with Crippen molar-refractivity contribution in [3.05, 3.63) is 29.6 Å². The minimum Gasteiger partial charge on any atom is -0.491 e. The number of rotatable bonds is 7. The van der Waals surface area contributed by atoms with Gasteiger partial charge in [0.1, 0.15) is 0 Å². The van der Waals surface area contributed by atoms with Gasteiger partial charge in [-0.1, -0.05) is 19.9 Å². The van der Waals surface area contributed by atoms with Gasteiger partial charge < -0.3 is 9.84 Å². The van der Waals surface area contributed by atoms with E-state index in [0.29, 0.717) is 25.4 Å². The number of aliphatic carboxylic acids is 1. The molecule has 18 heavy (non-hydrogen) atoms. The Morgan fingerprint density at radius 2 is 2.11 bits per heavy atom. The van der Waals surface area contributed by atoms with E-state index in [9.17, 15) is 9.18 Å². The molecule has 3 nitrogen and oxygen atoms in total. The number of carboxylic acid groups (broad SMARTS) is 1. The van der Waals surface area contributed by atoms with E-state index in [0.717, 1.165) is 5.56 Å². The zero-order chi connectivity index (χ0) is 13.5. The Kier molecular flexibility index (Phi) is 5.62. The third-order valence-corrected chi connectivity index (χ3v) is 2.66. The Labute approximate surface area is 107 Å². The first-order valence-corrected chi connectivity index (χ1v) is 6.14. The van der Waals surface area contributed by atoms with E-state index in [2.05, 4.69) is 0 Å². The summed E-state index contributed by atoms with van der Waals surface area (Å²) in [5, 5.41) is 8.47. The van der Waals surface area contributed by atoms with Crippen molar-refractivity contribution in [2.45, 2.75) is 39.0 Å². The second kappa shape index (κ2) is 6.99. The van der Waals surface area contributed by atoms with Crippen LogP contribution >= 0.6 is 0 Å². The molecule has 0 bridgehead atoms. The van der Waals surface area contributed by atoms with Crippen LogP contribution in [0.15, 0.2) is 18.2 Å². The summed E-state index contributed by atoms with van der Waals surface area (Å²) in [6.45, 7) is 4.40. The molecule has 0 heterocycles. The predicted molar refractivity (Wildman–Crippen MR) is 67.5 cm³/mol. The van der Waals surface area contributed by atoms with E-state index in [1.165, 1.54) is 6.07 Å². The van der Waals surface area contributed by atoms with Crippen LogP contribution in [0.5, 0.6) is 5.75 Å². The first kappa shape index (κ1) is 14.5. The maximum absolute atomic E-state index is 13.5. The number of hydrogen-bond donors (Lipinski definition) is 1. The van der Waals surface area contributed by atoms with Gasteiger partial charge in [-0.3, -0.25) is 4.79 Å². The molecule has 1 aromatic rings. The zero-order valence-electron chi connectivity index (χ0n) is 10.8. The Hall–Kier alpha value is -1.58. The predicted octanol–water partition coefficient (Wildman–Crippen LogP) is 3.58. The lowest BCUT2D eigenvalue weighted by molar-refractivity contribution is -0.137. The first-order valence-electron chi connectivity index (χ1n) is 6.14. The maximum atomic E-state index is 13.5. The number of benzene rings is 1.